The third-order valence-corrected chi connectivity index (χ3v) is 2.13. The van der Waals surface area contributed by atoms with Gasteiger partial charge in [0, 0.05) is 12.8 Å². The second kappa shape index (κ2) is 7.13. The van der Waals surface area contributed by atoms with Crippen LogP contribution in [0.1, 0.15) is 38.3 Å². The van der Waals surface area contributed by atoms with Gasteiger partial charge in [0.15, 0.2) is 0 Å². The molecule has 0 aliphatic carbocycles. The fourth-order valence-corrected chi connectivity index (χ4v) is 1.25. The molecule has 0 radical (unpaired) electrons. The normalized spacial score (nSPS) is 10.6. The summed E-state index contributed by atoms with van der Waals surface area (Å²) in [4.78, 5) is 11.1. The van der Waals surface area contributed by atoms with Crippen molar-refractivity contribution in [2.45, 2.75) is 39.8 Å². The highest BCUT2D eigenvalue weighted by molar-refractivity contribution is 5.80. The Bertz CT molecular complexity index is 396. The highest BCUT2D eigenvalue weighted by Crippen LogP contribution is 2.31. The number of carbonyl (C=O) groups excluding carboxylic acids is 1. The summed E-state index contributed by atoms with van der Waals surface area (Å²) in [5.41, 5.74) is -1.14. The van der Waals surface area contributed by atoms with E-state index in [2.05, 4.69) is 0 Å². The first kappa shape index (κ1) is 16.6. The third-order valence-electron chi connectivity index (χ3n) is 2.13. The molecule has 102 valence electrons. The third kappa shape index (κ3) is 4.85. The number of benzene rings is 1. The lowest BCUT2D eigenvalue weighted by Gasteiger charge is -2.09. The van der Waals surface area contributed by atoms with Crippen LogP contribution in [0.5, 0.6) is 0 Å². The number of Topliss-reactive ketones (excluding diaryl/α,β-unsaturated/α-hetero) is 1. The van der Waals surface area contributed by atoms with E-state index in [-0.39, 0.29) is 24.2 Å². The SMILES string of the molecule is CC.CCC(=O)Cc1ccc(F)c(C(F)(F)F)c1. The van der Waals surface area contributed by atoms with Crippen LogP contribution in [0.2, 0.25) is 0 Å². The van der Waals surface area contributed by atoms with Gasteiger partial charge in [-0.15, -0.1) is 0 Å². The Morgan fingerprint density at radius 2 is 1.78 bits per heavy atom. The summed E-state index contributed by atoms with van der Waals surface area (Å²) in [6, 6.07) is 2.61. The van der Waals surface area contributed by atoms with Gasteiger partial charge in [0.25, 0.3) is 0 Å². The zero-order valence-corrected chi connectivity index (χ0v) is 10.6. The Labute approximate surface area is 104 Å². The fraction of sp³-hybridized carbons (Fsp3) is 0.462. The molecule has 0 aliphatic rings. The number of ketones is 1. The minimum atomic E-state index is -4.73. The van der Waals surface area contributed by atoms with Crippen LogP contribution in [0.15, 0.2) is 18.2 Å². The smallest absolute Gasteiger partial charge is 0.299 e. The van der Waals surface area contributed by atoms with E-state index in [4.69, 9.17) is 0 Å². The molecular formula is C13H16F4O. The summed E-state index contributed by atoms with van der Waals surface area (Å²) in [5.74, 6) is -1.50. The van der Waals surface area contributed by atoms with Crippen molar-refractivity contribution in [1.29, 1.82) is 0 Å². The van der Waals surface area contributed by atoms with Gasteiger partial charge in [-0.2, -0.15) is 13.2 Å². The first-order chi connectivity index (χ1) is 8.34. The van der Waals surface area contributed by atoms with Crippen LogP contribution in [-0.2, 0) is 17.4 Å². The molecule has 1 rings (SSSR count). The first-order valence-electron chi connectivity index (χ1n) is 5.72. The van der Waals surface area contributed by atoms with Gasteiger partial charge in [0.1, 0.15) is 11.6 Å². The van der Waals surface area contributed by atoms with Gasteiger partial charge in [0.2, 0.25) is 0 Å². The lowest BCUT2D eigenvalue weighted by molar-refractivity contribution is -0.140. The second-order valence-electron chi connectivity index (χ2n) is 3.38. The van der Waals surface area contributed by atoms with E-state index in [1.165, 1.54) is 6.07 Å². The zero-order valence-electron chi connectivity index (χ0n) is 10.6. The van der Waals surface area contributed by atoms with Crippen molar-refractivity contribution < 1.29 is 22.4 Å². The van der Waals surface area contributed by atoms with Gasteiger partial charge < -0.3 is 0 Å². The van der Waals surface area contributed by atoms with Crippen molar-refractivity contribution in [1.82, 2.24) is 0 Å². The summed E-state index contributed by atoms with van der Waals surface area (Å²) in [5, 5.41) is 0. The van der Waals surface area contributed by atoms with Gasteiger partial charge in [-0.05, 0) is 17.7 Å². The molecule has 0 saturated heterocycles. The average Bonchev–Trinajstić information content (AvgIpc) is 2.32. The lowest BCUT2D eigenvalue weighted by atomic mass is 10.0. The molecule has 0 atom stereocenters. The minimum Gasteiger partial charge on any atom is -0.299 e. The topological polar surface area (TPSA) is 17.1 Å². The zero-order chi connectivity index (χ0) is 14.3. The van der Waals surface area contributed by atoms with E-state index < -0.39 is 17.6 Å². The Kier molecular flexibility index (Phi) is 6.58. The molecule has 0 aromatic heterocycles. The average molecular weight is 264 g/mol. The van der Waals surface area contributed by atoms with E-state index >= 15 is 0 Å². The fourth-order valence-electron chi connectivity index (χ4n) is 1.25. The Hall–Kier alpha value is -1.39. The van der Waals surface area contributed by atoms with Crippen LogP contribution in [0.3, 0.4) is 0 Å². The van der Waals surface area contributed by atoms with Gasteiger partial charge in [-0.1, -0.05) is 26.8 Å². The number of alkyl halides is 3. The van der Waals surface area contributed by atoms with Crippen LogP contribution in [0, 0.1) is 5.82 Å². The number of carbonyl (C=O) groups is 1. The Balaban J connectivity index is 0.00000137. The van der Waals surface area contributed by atoms with Gasteiger partial charge in [-0.3, -0.25) is 4.79 Å². The molecule has 0 aliphatic heterocycles. The summed E-state index contributed by atoms with van der Waals surface area (Å²) < 4.78 is 49.8. The van der Waals surface area contributed by atoms with Crippen LogP contribution in [-0.4, -0.2) is 5.78 Å². The lowest BCUT2D eigenvalue weighted by Crippen LogP contribution is -2.10. The van der Waals surface area contributed by atoms with E-state index in [0.29, 0.717) is 6.07 Å². The minimum absolute atomic E-state index is 0.0974. The molecule has 0 fully saturated rings. The van der Waals surface area contributed by atoms with Crippen LogP contribution >= 0.6 is 0 Å². The van der Waals surface area contributed by atoms with Crippen molar-refractivity contribution in [3.05, 3.63) is 35.1 Å². The van der Waals surface area contributed by atoms with E-state index in [0.717, 1.165) is 6.07 Å². The summed E-state index contributed by atoms with van der Waals surface area (Å²) >= 11 is 0. The summed E-state index contributed by atoms with van der Waals surface area (Å²) in [7, 11) is 0. The number of halogens is 4. The molecule has 1 aromatic carbocycles. The first-order valence-corrected chi connectivity index (χ1v) is 5.72. The maximum atomic E-state index is 12.9. The summed E-state index contributed by atoms with van der Waals surface area (Å²) in [6.07, 6.45) is -4.58. The van der Waals surface area contributed by atoms with Crippen molar-refractivity contribution in [3.8, 4) is 0 Å². The maximum absolute atomic E-state index is 12.9. The van der Waals surface area contributed by atoms with Gasteiger partial charge in [0.05, 0.1) is 5.56 Å². The van der Waals surface area contributed by atoms with E-state index in [9.17, 15) is 22.4 Å². The van der Waals surface area contributed by atoms with Crippen molar-refractivity contribution >= 4 is 5.78 Å². The van der Waals surface area contributed by atoms with Crippen LogP contribution in [0.4, 0.5) is 17.6 Å². The predicted molar refractivity (Wildman–Crippen MR) is 61.8 cm³/mol. The Morgan fingerprint density at radius 1 is 1.22 bits per heavy atom. The predicted octanol–water partition coefficient (Wildman–Crippen LogP) is 4.39. The monoisotopic (exact) mass is 264 g/mol. The van der Waals surface area contributed by atoms with Crippen molar-refractivity contribution in [2.24, 2.45) is 0 Å². The Morgan fingerprint density at radius 3 is 2.22 bits per heavy atom. The number of rotatable bonds is 3. The van der Waals surface area contributed by atoms with Crippen LogP contribution in [0.25, 0.3) is 0 Å². The highest BCUT2D eigenvalue weighted by atomic mass is 19.4. The van der Waals surface area contributed by atoms with Gasteiger partial charge >= 0.3 is 6.18 Å². The molecule has 0 amide bonds. The maximum Gasteiger partial charge on any atom is 0.419 e. The van der Waals surface area contributed by atoms with E-state index in [1.54, 1.807) is 6.92 Å². The molecule has 0 heterocycles. The van der Waals surface area contributed by atoms with Crippen molar-refractivity contribution in [3.63, 3.8) is 0 Å². The number of hydrogen-bond donors (Lipinski definition) is 0. The second-order valence-corrected chi connectivity index (χ2v) is 3.38. The molecule has 1 aromatic rings. The molecule has 0 bridgehead atoms. The van der Waals surface area contributed by atoms with E-state index in [1.807, 2.05) is 13.8 Å². The molecule has 0 N–H and O–H groups in total. The molecule has 0 saturated carbocycles. The van der Waals surface area contributed by atoms with Gasteiger partial charge in [-0.25, -0.2) is 4.39 Å². The van der Waals surface area contributed by atoms with Crippen molar-refractivity contribution in [2.75, 3.05) is 0 Å². The highest BCUT2D eigenvalue weighted by Gasteiger charge is 2.34. The molecule has 18 heavy (non-hydrogen) atoms. The molecule has 0 unspecified atom stereocenters. The molecule has 1 nitrogen and oxygen atoms in total. The molecule has 0 spiro atoms. The standard InChI is InChI=1S/C11H10F4O.C2H6/c1-2-8(16)5-7-3-4-10(12)9(6-7)11(13,14)15;1-2/h3-4,6H,2,5H2,1H3;1-2H3. The molecular weight excluding hydrogens is 248 g/mol. The quantitative estimate of drug-likeness (QED) is 0.740. The number of hydrogen-bond acceptors (Lipinski definition) is 1. The summed E-state index contributed by atoms with van der Waals surface area (Å²) in [6.45, 7) is 5.62. The van der Waals surface area contributed by atoms with Crippen LogP contribution < -0.4 is 0 Å². The largest absolute Gasteiger partial charge is 0.419 e. The molecule has 5 heteroatoms.